The molecule has 0 aliphatic carbocycles. The summed E-state index contributed by atoms with van der Waals surface area (Å²) in [4.78, 5) is 15.7. The van der Waals surface area contributed by atoms with E-state index in [9.17, 15) is 4.79 Å². The zero-order valence-electron chi connectivity index (χ0n) is 14.4. The number of Topliss-reactive ketones (excluding diaryl/α,β-unsaturated/α-hetero) is 1. The number of fused-ring (bicyclic) bond motifs is 1. The zero-order valence-corrected chi connectivity index (χ0v) is 16.1. The van der Waals surface area contributed by atoms with Gasteiger partial charge in [-0.15, -0.1) is 10.2 Å². The van der Waals surface area contributed by atoms with Crippen LogP contribution in [0.2, 0.25) is 0 Å². The smallest absolute Gasteiger partial charge is 0.210 e. The van der Waals surface area contributed by atoms with Crippen LogP contribution in [0.1, 0.15) is 10.4 Å². The molecule has 0 saturated carbocycles. The molecule has 4 rings (SSSR count). The summed E-state index contributed by atoms with van der Waals surface area (Å²) >= 11 is 2.80. The van der Waals surface area contributed by atoms with Gasteiger partial charge in [0, 0.05) is 34.4 Å². The molecule has 0 spiro atoms. The second-order valence-corrected chi connectivity index (χ2v) is 7.89. The number of nitrogens with one attached hydrogen (secondary N) is 2. The third kappa shape index (κ3) is 3.96. The number of anilines is 2. The summed E-state index contributed by atoms with van der Waals surface area (Å²) in [5, 5.41) is 13.1. The van der Waals surface area contributed by atoms with Crippen molar-refractivity contribution in [3.8, 4) is 5.75 Å². The lowest BCUT2D eigenvalue weighted by molar-refractivity contribution is 0.102. The van der Waals surface area contributed by atoms with E-state index in [2.05, 4.69) is 20.5 Å². The maximum atomic E-state index is 12.5. The minimum atomic E-state index is 0.0648. The molecule has 0 bridgehead atoms. The van der Waals surface area contributed by atoms with Crippen LogP contribution in [0.25, 0.3) is 10.9 Å². The Bertz CT molecular complexity index is 1090. The molecule has 0 atom stereocenters. The predicted molar refractivity (Wildman–Crippen MR) is 110 cm³/mol. The second-order valence-electron chi connectivity index (χ2n) is 5.69. The van der Waals surface area contributed by atoms with E-state index >= 15 is 0 Å². The van der Waals surface area contributed by atoms with Crippen molar-refractivity contribution in [1.82, 2.24) is 15.2 Å². The number of nitrogens with zero attached hydrogens (tertiary/aromatic N) is 2. The zero-order chi connectivity index (χ0) is 18.6. The molecule has 0 amide bonds. The van der Waals surface area contributed by atoms with E-state index in [1.54, 1.807) is 13.3 Å². The van der Waals surface area contributed by atoms with Gasteiger partial charge in [0.05, 0.1) is 12.9 Å². The van der Waals surface area contributed by atoms with Gasteiger partial charge in [0.1, 0.15) is 5.75 Å². The lowest BCUT2D eigenvalue weighted by Gasteiger charge is -2.04. The number of benzene rings is 2. The van der Waals surface area contributed by atoms with E-state index in [-0.39, 0.29) is 5.78 Å². The lowest BCUT2D eigenvalue weighted by Crippen LogP contribution is -2.01. The van der Waals surface area contributed by atoms with Crippen LogP contribution < -0.4 is 10.1 Å². The molecule has 2 heterocycles. The molecule has 6 nitrogen and oxygen atoms in total. The summed E-state index contributed by atoms with van der Waals surface area (Å²) < 4.78 is 5.96. The molecular weight excluding hydrogens is 380 g/mol. The van der Waals surface area contributed by atoms with Gasteiger partial charge in [0.25, 0.3) is 0 Å². The van der Waals surface area contributed by atoms with Gasteiger partial charge in [0.2, 0.25) is 5.13 Å². The average molecular weight is 396 g/mol. The third-order valence-corrected chi connectivity index (χ3v) is 5.92. The molecule has 0 aliphatic rings. The third-order valence-electron chi connectivity index (χ3n) is 3.94. The molecule has 2 N–H and O–H groups in total. The van der Waals surface area contributed by atoms with E-state index in [0.29, 0.717) is 16.4 Å². The number of ketones is 1. The highest BCUT2D eigenvalue weighted by atomic mass is 32.2. The van der Waals surface area contributed by atoms with Crippen molar-refractivity contribution in [1.29, 1.82) is 0 Å². The SMILES string of the molecule is COc1cccc(Nc2nnc(SCC(=O)c3c[nH]c4ccccc34)s2)c1. The first-order valence-electron chi connectivity index (χ1n) is 8.19. The Morgan fingerprint density at radius 1 is 1.22 bits per heavy atom. The summed E-state index contributed by atoms with van der Waals surface area (Å²) in [5.74, 6) is 1.15. The number of aromatic nitrogens is 3. The Morgan fingerprint density at radius 2 is 2.11 bits per heavy atom. The number of para-hydroxylation sites is 1. The monoisotopic (exact) mass is 396 g/mol. The normalized spacial score (nSPS) is 10.9. The van der Waals surface area contributed by atoms with Crippen molar-refractivity contribution in [3.63, 3.8) is 0 Å². The Kier molecular flexibility index (Phi) is 5.08. The highest BCUT2D eigenvalue weighted by Gasteiger charge is 2.14. The van der Waals surface area contributed by atoms with Crippen LogP contribution in [-0.4, -0.2) is 33.8 Å². The number of carbonyl (C=O) groups excluding carboxylic acids is 1. The van der Waals surface area contributed by atoms with Gasteiger partial charge in [-0.3, -0.25) is 4.79 Å². The van der Waals surface area contributed by atoms with Crippen LogP contribution in [0.15, 0.2) is 59.1 Å². The number of ether oxygens (including phenoxy) is 1. The van der Waals surface area contributed by atoms with Gasteiger partial charge in [-0.2, -0.15) is 0 Å². The molecule has 27 heavy (non-hydrogen) atoms. The van der Waals surface area contributed by atoms with Gasteiger partial charge in [-0.05, 0) is 18.2 Å². The van der Waals surface area contributed by atoms with Gasteiger partial charge in [-0.25, -0.2) is 0 Å². The fraction of sp³-hybridized carbons (Fsp3) is 0.105. The van der Waals surface area contributed by atoms with Gasteiger partial charge in [0.15, 0.2) is 10.1 Å². The van der Waals surface area contributed by atoms with Crippen molar-refractivity contribution in [2.75, 3.05) is 18.2 Å². The highest BCUT2D eigenvalue weighted by Crippen LogP contribution is 2.29. The molecular formula is C19H16N4O2S2. The number of H-pyrrole nitrogens is 1. The van der Waals surface area contributed by atoms with Crippen molar-refractivity contribution in [2.24, 2.45) is 0 Å². The topological polar surface area (TPSA) is 79.9 Å². The van der Waals surface area contributed by atoms with Crippen molar-refractivity contribution in [2.45, 2.75) is 4.34 Å². The van der Waals surface area contributed by atoms with Crippen LogP contribution in [0, 0.1) is 0 Å². The number of hydrogen-bond donors (Lipinski definition) is 2. The van der Waals surface area contributed by atoms with Crippen molar-refractivity contribution in [3.05, 3.63) is 60.3 Å². The van der Waals surface area contributed by atoms with Crippen LogP contribution in [-0.2, 0) is 0 Å². The summed E-state index contributed by atoms with van der Waals surface area (Å²) in [6, 6.07) is 15.4. The number of hydrogen-bond acceptors (Lipinski definition) is 7. The molecule has 4 aromatic rings. The van der Waals surface area contributed by atoms with E-state index in [0.717, 1.165) is 26.7 Å². The predicted octanol–water partition coefficient (Wildman–Crippen LogP) is 4.75. The minimum Gasteiger partial charge on any atom is -0.497 e. The summed E-state index contributed by atoms with van der Waals surface area (Å²) in [5.41, 5.74) is 2.54. The molecule has 0 aliphatic heterocycles. The fourth-order valence-corrected chi connectivity index (χ4v) is 4.31. The molecule has 8 heteroatoms. The van der Waals surface area contributed by atoms with Gasteiger partial charge < -0.3 is 15.0 Å². The van der Waals surface area contributed by atoms with Crippen LogP contribution >= 0.6 is 23.1 Å². The van der Waals surface area contributed by atoms with Crippen molar-refractivity contribution < 1.29 is 9.53 Å². The van der Waals surface area contributed by atoms with Gasteiger partial charge >= 0.3 is 0 Å². The Labute approximate surface area is 164 Å². The first kappa shape index (κ1) is 17.6. The Balaban J connectivity index is 1.40. The number of methoxy groups -OCH3 is 1. The number of carbonyl (C=O) groups is 1. The van der Waals surface area contributed by atoms with Gasteiger partial charge in [-0.1, -0.05) is 47.4 Å². The van der Waals surface area contributed by atoms with Crippen LogP contribution in [0.4, 0.5) is 10.8 Å². The largest absolute Gasteiger partial charge is 0.497 e. The fourth-order valence-electron chi connectivity index (χ4n) is 2.65. The first-order valence-corrected chi connectivity index (χ1v) is 10.00. The summed E-state index contributed by atoms with van der Waals surface area (Å²) in [6.07, 6.45) is 1.77. The molecule has 136 valence electrons. The standard InChI is InChI=1S/C19H16N4O2S2/c1-25-13-6-4-5-12(9-13)21-18-22-23-19(27-18)26-11-17(24)15-10-20-16-8-3-2-7-14(15)16/h2-10,20H,11H2,1H3,(H,21,22). The molecule has 0 saturated heterocycles. The maximum absolute atomic E-state index is 12.5. The van der Waals surface area contributed by atoms with Crippen molar-refractivity contribution >= 4 is 50.6 Å². The summed E-state index contributed by atoms with van der Waals surface area (Å²) in [7, 11) is 1.63. The molecule has 2 aromatic heterocycles. The Hall–Kier alpha value is -2.84. The molecule has 2 aromatic carbocycles. The molecule has 0 fully saturated rings. The molecule has 0 unspecified atom stereocenters. The maximum Gasteiger partial charge on any atom is 0.210 e. The Morgan fingerprint density at radius 3 is 3.00 bits per heavy atom. The number of aromatic amines is 1. The minimum absolute atomic E-state index is 0.0648. The van der Waals surface area contributed by atoms with E-state index in [1.807, 2.05) is 48.5 Å². The van der Waals surface area contributed by atoms with Crippen LogP contribution in [0.5, 0.6) is 5.75 Å². The van der Waals surface area contributed by atoms with E-state index in [1.165, 1.54) is 23.1 Å². The summed E-state index contributed by atoms with van der Waals surface area (Å²) in [6.45, 7) is 0. The average Bonchev–Trinajstić information content (AvgIpc) is 3.33. The van der Waals surface area contributed by atoms with Crippen LogP contribution in [0.3, 0.4) is 0 Å². The number of thioether (sulfide) groups is 1. The first-order chi connectivity index (χ1) is 13.2. The second kappa shape index (κ2) is 7.81. The lowest BCUT2D eigenvalue weighted by atomic mass is 10.1. The molecule has 0 radical (unpaired) electrons. The van der Waals surface area contributed by atoms with E-state index in [4.69, 9.17) is 4.74 Å². The number of rotatable bonds is 7. The quantitative estimate of drug-likeness (QED) is 0.347. The highest BCUT2D eigenvalue weighted by molar-refractivity contribution is 8.01. The van der Waals surface area contributed by atoms with E-state index < -0.39 is 0 Å².